The molecule has 1 aliphatic carbocycles. The number of rotatable bonds is 5. The second-order valence-electron chi connectivity index (χ2n) is 6.92. The topological polar surface area (TPSA) is 46.6 Å². The van der Waals surface area contributed by atoms with Gasteiger partial charge in [0.05, 0.1) is 5.56 Å². The summed E-state index contributed by atoms with van der Waals surface area (Å²) in [5, 5.41) is 2.08. The van der Waals surface area contributed by atoms with Crippen LogP contribution in [0.5, 0.6) is 0 Å². The number of esters is 1. The van der Waals surface area contributed by atoms with Crippen LogP contribution in [0.3, 0.4) is 0 Å². The second kappa shape index (κ2) is 7.23. The van der Waals surface area contributed by atoms with Crippen LogP contribution in [0.25, 0.3) is 10.8 Å². The predicted molar refractivity (Wildman–Crippen MR) is 105 cm³/mol. The van der Waals surface area contributed by atoms with Crippen molar-refractivity contribution >= 4 is 22.6 Å². The molecule has 0 saturated carbocycles. The van der Waals surface area contributed by atoms with Crippen LogP contribution in [0.15, 0.2) is 60.7 Å². The average molecular weight is 359 g/mol. The van der Waals surface area contributed by atoms with Crippen LogP contribution in [-0.4, -0.2) is 30.4 Å². The molecule has 4 nitrogen and oxygen atoms in total. The molecule has 0 N–H and O–H groups in total. The Morgan fingerprint density at radius 1 is 0.926 bits per heavy atom. The zero-order chi connectivity index (χ0) is 18.8. The van der Waals surface area contributed by atoms with Crippen molar-refractivity contribution in [1.29, 1.82) is 0 Å². The van der Waals surface area contributed by atoms with Gasteiger partial charge < -0.3 is 9.64 Å². The van der Waals surface area contributed by atoms with Crippen molar-refractivity contribution < 1.29 is 14.3 Å². The lowest BCUT2D eigenvalue weighted by molar-refractivity contribution is -0.133. The van der Waals surface area contributed by atoms with Crippen molar-refractivity contribution in [1.82, 2.24) is 4.90 Å². The smallest absolute Gasteiger partial charge is 0.339 e. The van der Waals surface area contributed by atoms with Gasteiger partial charge in [0.15, 0.2) is 6.61 Å². The van der Waals surface area contributed by atoms with Gasteiger partial charge in [-0.05, 0) is 46.4 Å². The minimum absolute atomic E-state index is 0.224. The van der Waals surface area contributed by atoms with Gasteiger partial charge in [-0.2, -0.15) is 0 Å². The fourth-order valence-electron chi connectivity index (χ4n) is 3.69. The highest BCUT2D eigenvalue weighted by Crippen LogP contribution is 2.32. The Balaban J connectivity index is 1.44. The lowest BCUT2D eigenvalue weighted by Crippen LogP contribution is -2.30. The Labute approximate surface area is 158 Å². The Morgan fingerprint density at radius 3 is 2.44 bits per heavy atom. The van der Waals surface area contributed by atoms with Crippen LogP contribution >= 0.6 is 0 Å². The summed E-state index contributed by atoms with van der Waals surface area (Å²) in [6.45, 7) is 0.226. The standard InChI is InChI=1S/C23H21NO3/c1-24(14-16-6-3-2-4-7-16)21(25)15-27-23(26)20-13-12-18-11-10-17-8-5-9-19(20)22(17)18/h2-9,12-13H,10-11,14-15H2,1H3. The summed E-state index contributed by atoms with van der Waals surface area (Å²) in [6, 6.07) is 19.6. The lowest BCUT2D eigenvalue weighted by atomic mass is 10.00. The van der Waals surface area contributed by atoms with E-state index in [1.54, 1.807) is 11.9 Å². The molecule has 4 heteroatoms. The van der Waals surface area contributed by atoms with Crippen LogP contribution in [-0.2, 0) is 28.9 Å². The zero-order valence-corrected chi connectivity index (χ0v) is 15.3. The molecule has 0 bridgehead atoms. The molecule has 0 spiro atoms. The number of hydrogen-bond donors (Lipinski definition) is 0. The maximum atomic E-state index is 12.6. The molecule has 27 heavy (non-hydrogen) atoms. The normalized spacial score (nSPS) is 12.2. The molecule has 0 unspecified atom stereocenters. The Hall–Kier alpha value is -3.14. The maximum absolute atomic E-state index is 12.6. The highest BCUT2D eigenvalue weighted by Gasteiger charge is 2.20. The van der Waals surface area contributed by atoms with E-state index in [0.717, 1.165) is 23.8 Å². The van der Waals surface area contributed by atoms with Crippen LogP contribution in [0.2, 0.25) is 0 Å². The number of benzene rings is 3. The molecule has 0 heterocycles. The lowest BCUT2D eigenvalue weighted by Gasteiger charge is -2.17. The molecular weight excluding hydrogens is 338 g/mol. The highest BCUT2D eigenvalue weighted by atomic mass is 16.5. The fraction of sp³-hybridized carbons (Fsp3) is 0.217. The first kappa shape index (κ1) is 17.3. The van der Waals surface area contributed by atoms with Gasteiger partial charge in [-0.25, -0.2) is 4.79 Å². The summed E-state index contributed by atoms with van der Waals surface area (Å²) < 4.78 is 5.33. The van der Waals surface area contributed by atoms with Gasteiger partial charge in [0.2, 0.25) is 0 Å². The van der Waals surface area contributed by atoms with Crippen molar-refractivity contribution in [2.75, 3.05) is 13.7 Å². The Kier molecular flexibility index (Phi) is 4.63. The van der Waals surface area contributed by atoms with E-state index in [2.05, 4.69) is 6.07 Å². The molecule has 1 aliphatic rings. The van der Waals surface area contributed by atoms with E-state index in [4.69, 9.17) is 4.74 Å². The quantitative estimate of drug-likeness (QED) is 0.652. The number of carbonyl (C=O) groups excluding carboxylic acids is 2. The number of nitrogens with zero attached hydrogens (tertiary/aromatic N) is 1. The number of hydrogen-bond acceptors (Lipinski definition) is 3. The zero-order valence-electron chi connectivity index (χ0n) is 15.3. The van der Waals surface area contributed by atoms with E-state index in [1.165, 1.54) is 16.5 Å². The summed E-state index contributed by atoms with van der Waals surface area (Å²) >= 11 is 0. The predicted octanol–water partition coefficient (Wildman–Crippen LogP) is 3.75. The maximum Gasteiger partial charge on any atom is 0.339 e. The van der Waals surface area contributed by atoms with Gasteiger partial charge >= 0.3 is 5.97 Å². The van der Waals surface area contributed by atoms with Crippen molar-refractivity contribution in [2.45, 2.75) is 19.4 Å². The van der Waals surface area contributed by atoms with Gasteiger partial charge in [0.1, 0.15) is 0 Å². The molecule has 1 amide bonds. The van der Waals surface area contributed by atoms with E-state index in [0.29, 0.717) is 12.1 Å². The molecule has 0 saturated heterocycles. The fourth-order valence-corrected chi connectivity index (χ4v) is 3.69. The van der Waals surface area contributed by atoms with Crippen molar-refractivity contribution in [3.8, 4) is 0 Å². The number of amides is 1. The molecule has 3 aromatic rings. The molecule has 0 radical (unpaired) electrons. The number of aryl methyl sites for hydroxylation is 2. The number of likely N-dealkylation sites (N-methyl/N-ethyl adjacent to an activating group) is 1. The van der Waals surface area contributed by atoms with Crippen LogP contribution in [0.1, 0.15) is 27.0 Å². The Morgan fingerprint density at radius 2 is 1.67 bits per heavy atom. The van der Waals surface area contributed by atoms with Crippen molar-refractivity contribution in [3.63, 3.8) is 0 Å². The molecule has 0 aliphatic heterocycles. The highest BCUT2D eigenvalue weighted by molar-refractivity contribution is 6.07. The van der Waals surface area contributed by atoms with E-state index < -0.39 is 5.97 Å². The summed E-state index contributed by atoms with van der Waals surface area (Å²) in [4.78, 5) is 26.5. The molecule has 0 aromatic heterocycles. The second-order valence-corrected chi connectivity index (χ2v) is 6.92. The average Bonchev–Trinajstić information content (AvgIpc) is 3.12. The van der Waals surface area contributed by atoms with Gasteiger partial charge in [-0.3, -0.25) is 4.79 Å². The molecule has 136 valence electrons. The van der Waals surface area contributed by atoms with Gasteiger partial charge in [0.25, 0.3) is 5.91 Å². The van der Waals surface area contributed by atoms with Crippen LogP contribution in [0.4, 0.5) is 0 Å². The number of carbonyl (C=O) groups is 2. The first-order chi connectivity index (χ1) is 13.1. The summed E-state index contributed by atoms with van der Waals surface area (Å²) in [7, 11) is 1.71. The molecule has 4 rings (SSSR count). The summed E-state index contributed by atoms with van der Waals surface area (Å²) in [6.07, 6.45) is 2.02. The molecule has 3 aromatic carbocycles. The van der Waals surface area contributed by atoms with Crippen molar-refractivity contribution in [3.05, 3.63) is 82.9 Å². The first-order valence-electron chi connectivity index (χ1n) is 9.12. The van der Waals surface area contributed by atoms with Crippen LogP contribution < -0.4 is 0 Å². The van der Waals surface area contributed by atoms with Crippen LogP contribution in [0, 0.1) is 0 Å². The third kappa shape index (κ3) is 3.43. The SMILES string of the molecule is CN(Cc1ccccc1)C(=O)COC(=O)c1ccc2c3c(cccc13)CC2. The third-order valence-corrected chi connectivity index (χ3v) is 5.11. The van der Waals surface area contributed by atoms with E-state index in [-0.39, 0.29) is 12.5 Å². The molecule has 0 fully saturated rings. The summed E-state index contributed by atoms with van der Waals surface area (Å²) in [5.41, 5.74) is 4.11. The molecular formula is C23H21NO3. The minimum atomic E-state index is -0.452. The Bertz CT molecular complexity index is 1000. The minimum Gasteiger partial charge on any atom is -0.452 e. The van der Waals surface area contributed by atoms with E-state index in [9.17, 15) is 9.59 Å². The largest absolute Gasteiger partial charge is 0.452 e. The van der Waals surface area contributed by atoms with E-state index in [1.807, 2.05) is 54.6 Å². The number of ether oxygens (including phenoxy) is 1. The third-order valence-electron chi connectivity index (χ3n) is 5.11. The molecule has 0 atom stereocenters. The summed E-state index contributed by atoms with van der Waals surface area (Å²) in [5.74, 6) is -0.676. The van der Waals surface area contributed by atoms with Gasteiger partial charge in [0, 0.05) is 13.6 Å². The van der Waals surface area contributed by atoms with Gasteiger partial charge in [-0.1, -0.05) is 54.6 Å². The van der Waals surface area contributed by atoms with Crippen molar-refractivity contribution in [2.24, 2.45) is 0 Å². The first-order valence-corrected chi connectivity index (χ1v) is 9.12. The van der Waals surface area contributed by atoms with E-state index >= 15 is 0 Å². The van der Waals surface area contributed by atoms with Gasteiger partial charge in [-0.15, -0.1) is 0 Å². The monoisotopic (exact) mass is 359 g/mol.